The molecule has 0 N–H and O–H groups in total. The third-order valence-corrected chi connectivity index (χ3v) is 12.6. The molecular weight excluding hydrogens is 492 g/mol. The molecule has 0 saturated carbocycles. The minimum absolute atomic E-state index is 0.128. The normalized spacial score (nSPS) is 24.1. The van der Waals surface area contributed by atoms with Crippen LogP contribution in [-0.2, 0) is 30.0 Å². The Morgan fingerprint density at radius 3 is 1.79 bits per heavy atom. The summed E-state index contributed by atoms with van der Waals surface area (Å²) in [4.78, 5) is 12.9. The molecule has 0 spiro atoms. The SMILES string of the molecule is COC(=O)C1O[C@@H](O[Si](c2ccccc2)(c2ccccc2)C(C)(C)C)C(C)[C@@H](OCc2ccccc2)[C@H]1C. The van der Waals surface area contributed by atoms with Crippen molar-refractivity contribution in [2.24, 2.45) is 11.8 Å². The number of esters is 1. The molecule has 1 heterocycles. The van der Waals surface area contributed by atoms with Crippen molar-refractivity contribution < 1.29 is 23.4 Å². The maximum Gasteiger partial charge on any atom is 0.335 e. The highest BCUT2D eigenvalue weighted by Gasteiger charge is 2.55. The first-order chi connectivity index (χ1) is 18.2. The van der Waals surface area contributed by atoms with Gasteiger partial charge in [-0.15, -0.1) is 0 Å². The Balaban J connectivity index is 1.76. The van der Waals surface area contributed by atoms with Crippen LogP contribution in [0.3, 0.4) is 0 Å². The zero-order valence-electron chi connectivity index (χ0n) is 23.3. The van der Waals surface area contributed by atoms with E-state index in [1.54, 1.807) is 0 Å². The molecule has 5 nitrogen and oxygen atoms in total. The molecule has 2 unspecified atom stereocenters. The maximum atomic E-state index is 12.9. The molecule has 0 amide bonds. The van der Waals surface area contributed by atoms with Crippen LogP contribution in [0.4, 0.5) is 0 Å². The quantitative estimate of drug-likeness (QED) is 0.290. The van der Waals surface area contributed by atoms with Crippen molar-refractivity contribution in [2.45, 2.75) is 64.8 Å². The number of ether oxygens (including phenoxy) is 3. The first-order valence-corrected chi connectivity index (χ1v) is 15.3. The summed E-state index contributed by atoms with van der Waals surface area (Å²) in [6.45, 7) is 11.2. The molecule has 38 heavy (non-hydrogen) atoms. The predicted molar refractivity (Wildman–Crippen MR) is 153 cm³/mol. The van der Waals surface area contributed by atoms with Crippen LogP contribution in [0.2, 0.25) is 5.04 Å². The summed E-state index contributed by atoms with van der Waals surface area (Å²) in [5, 5.41) is 2.08. The van der Waals surface area contributed by atoms with E-state index in [1.165, 1.54) is 7.11 Å². The van der Waals surface area contributed by atoms with E-state index in [4.69, 9.17) is 18.6 Å². The summed E-state index contributed by atoms with van der Waals surface area (Å²) in [5.74, 6) is -0.745. The van der Waals surface area contributed by atoms with Gasteiger partial charge in [0.25, 0.3) is 8.32 Å². The minimum Gasteiger partial charge on any atom is -0.467 e. The molecule has 1 saturated heterocycles. The fraction of sp³-hybridized carbons (Fsp3) is 0.406. The van der Waals surface area contributed by atoms with Gasteiger partial charge in [0.1, 0.15) is 0 Å². The van der Waals surface area contributed by atoms with Crippen LogP contribution in [0.5, 0.6) is 0 Å². The Bertz CT molecular complexity index is 1120. The van der Waals surface area contributed by atoms with Gasteiger partial charge >= 0.3 is 5.97 Å². The molecule has 202 valence electrons. The largest absolute Gasteiger partial charge is 0.467 e. The van der Waals surface area contributed by atoms with Crippen molar-refractivity contribution in [1.82, 2.24) is 0 Å². The number of carbonyl (C=O) groups excluding carboxylic acids is 1. The first-order valence-electron chi connectivity index (χ1n) is 13.4. The Labute approximate surface area is 228 Å². The minimum atomic E-state index is -2.92. The van der Waals surface area contributed by atoms with E-state index >= 15 is 0 Å². The molecule has 1 aliphatic rings. The van der Waals surface area contributed by atoms with Crippen LogP contribution in [-0.4, -0.2) is 39.9 Å². The summed E-state index contributed by atoms with van der Waals surface area (Å²) in [6.07, 6.45) is -1.72. The van der Waals surface area contributed by atoms with Gasteiger partial charge in [-0.2, -0.15) is 0 Å². The predicted octanol–water partition coefficient (Wildman–Crippen LogP) is 5.32. The molecule has 0 bridgehead atoms. The molecule has 5 atom stereocenters. The monoisotopic (exact) mass is 532 g/mol. The molecule has 1 aliphatic heterocycles. The standard InChI is InChI=1S/C32H40O5Si/c1-23-28(35-22-25-16-10-7-11-17-25)24(2)31(36-29(23)30(33)34-6)37-38(32(3,4)5,26-18-12-8-13-19-26)27-20-14-9-15-21-27/h7-21,23-24,28-29,31H,22H2,1-6H3/t23-,24?,28+,29?,31+/m1/s1. The Morgan fingerprint density at radius 1 is 0.816 bits per heavy atom. The van der Waals surface area contributed by atoms with E-state index in [0.717, 1.165) is 15.9 Å². The highest BCUT2D eigenvalue weighted by Crippen LogP contribution is 2.41. The van der Waals surface area contributed by atoms with Crippen molar-refractivity contribution in [1.29, 1.82) is 0 Å². The number of methoxy groups -OCH3 is 1. The number of hydrogen-bond acceptors (Lipinski definition) is 5. The lowest BCUT2D eigenvalue weighted by atomic mass is 9.85. The lowest BCUT2D eigenvalue weighted by molar-refractivity contribution is -0.248. The smallest absolute Gasteiger partial charge is 0.335 e. The third-order valence-electron chi connectivity index (χ3n) is 7.65. The molecule has 0 aromatic heterocycles. The Kier molecular flexibility index (Phi) is 8.88. The topological polar surface area (TPSA) is 54.0 Å². The van der Waals surface area contributed by atoms with E-state index in [-0.39, 0.29) is 23.0 Å². The zero-order chi connectivity index (χ0) is 27.3. The summed E-state index contributed by atoms with van der Waals surface area (Å²) < 4.78 is 25.5. The van der Waals surface area contributed by atoms with E-state index < -0.39 is 26.7 Å². The van der Waals surface area contributed by atoms with Crippen LogP contribution in [0, 0.1) is 11.8 Å². The summed E-state index contributed by atoms with van der Waals surface area (Å²) >= 11 is 0. The van der Waals surface area contributed by atoms with Gasteiger partial charge in [-0.05, 0) is 21.0 Å². The maximum absolute atomic E-state index is 12.9. The fourth-order valence-corrected chi connectivity index (χ4v) is 10.3. The van der Waals surface area contributed by atoms with Crippen molar-refractivity contribution in [3.05, 3.63) is 96.6 Å². The van der Waals surface area contributed by atoms with Crippen LogP contribution in [0.25, 0.3) is 0 Å². The molecule has 3 aromatic rings. The summed E-state index contributed by atoms with van der Waals surface area (Å²) in [7, 11) is -1.53. The first kappa shape index (κ1) is 28.2. The highest BCUT2D eigenvalue weighted by atomic mass is 28.4. The second kappa shape index (κ2) is 12.0. The van der Waals surface area contributed by atoms with Gasteiger partial charge in [0.15, 0.2) is 12.4 Å². The van der Waals surface area contributed by atoms with E-state index in [1.807, 2.05) is 49.4 Å². The van der Waals surface area contributed by atoms with Crippen molar-refractivity contribution in [3.8, 4) is 0 Å². The van der Waals surface area contributed by atoms with Gasteiger partial charge < -0.3 is 18.6 Å². The number of rotatable bonds is 8. The molecule has 0 radical (unpaired) electrons. The second-order valence-electron chi connectivity index (χ2n) is 11.2. The summed E-state index contributed by atoms with van der Waals surface area (Å²) in [5.41, 5.74) is 1.08. The van der Waals surface area contributed by atoms with Crippen LogP contribution in [0.15, 0.2) is 91.0 Å². The Hall–Kier alpha value is -2.77. The van der Waals surface area contributed by atoms with Gasteiger partial charge in [0.05, 0.1) is 19.8 Å². The fourth-order valence-electron chi connectivity index (χ4n) is 5.66. The number of benzene rings is 3. The highest BCUT2D eigenvalue weighted by molar-refractivity contribution is 6.99. The van der Waals surface area contributed by atoms with E-state index in [0.29, 0.717) is 6.61 Å². The van der Waals surface area contributed by atoms with Crippen LogP contribution < -0.4 is 10.4 Å². The van der Waals surface area contributed by atoms with E-state index in [9.17, 15) is 4.79 Å². The average molecular weight is 533 g/mol. The molecule has 3 aromatic carbocycles. The van der Waals surface area contributed by atoms with Crippen LogP contribution in [0.1, 0.15) is 40.2 Å². The molecule has 4 rings (SSSR count). The Morgan fingerprint density at radius 2 is 1.32 bits per heavy atom. The molecule has 6 heteroatoms. The van der Waals surface area contributed by atoms with Gasteiger partial charge in [0, 0.05) is 11.8 Å². The summed E-state index contributed by atoms with van der Waals surface area (Å²) in [6, 6.07) is 31.0. The average Bonchev–Trinajstić information content (AvgIpc) is 2.93. The second-order valence-corrected chi connectivity index (χ2v) is 15.5. The molecular formula is C32H40O5Si. The van der Waals surface area contributed by atoms with Gasteiger partial charge in [0.2, 0.25) is 0 Å². The third kappa shape index (κ3) is 5.64. The van der Waals surface area contributed by atoms with Gasteiger partial charge in [-0.25, -0.2) is 4.79 Å². The van der Waals surface area contributed by atoms with Crippen LogP contribution >= 0.6 is 0 Å². The number of carbonyl (C=O) groups is 1. The van der Waals surface area contributed by atoms with Crippen molar-refractivity contribution in [3.63, 3.8) is 0 Å². The van der Waals surface area contributed by atoms with Gasteiger partial charge in [-0.3, -0.25) is 0 Å². The van der Waals surface area contributed by atoms with Crippen molar-refractivity contribution in [2.75, 3.05) is 7.11 Å². The van der Waals surface area contributed by atoms with Crippen molar-refractivity contribution >= 4 is 24.7 Å². The van der Waals surface area contributed by atoms with E-state index in [2.05, 4.69) is 76.2 Å². The molecule has 0 aliphatic carbocycles. The van der Waals surface area contributed by atoms with Gasteiger partial charge in [-0.1, -0.05) is 126 Å². The molecule has 1 fully saturated rings. The zero-order valence-corrected chi connectivity index (χ0v) is 24.3. The number of hydrogen-bond donors (Lipinski definition) is 0. The lowest BCUT2D eigenvalue weighted by Crippen LogP contribution is -2.69. The lowest BCUT2D eigenvalue weighted by Gasteiger charge is -2.50.